The molecule has 2 heterocycles. The van der Waals surface area contributed by atoms with Gasteiger partial charge in [-0.15, -0.1) is 0 Å². The first-order valence-corrected chi connectivity index (χ1v) is 12.3. The maximum atomic E-state index is 13.7. The molecule has 2 aliphatic rings. The fourth-order valence-corrected chi connectivity index (χ4v) is 4.79. The summed E-state index contributed by atoms with van der Waals surface area (Å²) in [5.41, 5.74) is 3.17. The highest BCUT2D eigenvalue weighted by atomic mass is 16.7. The summed E-state index contributed by atoms with van der Waals surface area (Å²) in [6.07, 6.45) is 5.46. The van der Waals surface area contributed by atoms with Crippen molar-refractivity contribution < 1.29 is 19.1 Å². The van der Waals surface area contributed by atoms with Crippen molar-refractivity contribution in [2.45, 2.75) is 57.7 Å². The molecule has 7 heteroatoms. The van der Waals surface area contributed by atoms with E-state index in [-0.39, 0.29) is 31.2 Å². The number of hydrogen-bond acceptors (Lipinski definition) is 4. The molecule has 7 nitrogen and oxygen atoms in total. The average molecular weight is 474 g/mol. The zero-order valence-corrected chi connectivity index (χ0v) is 20.0. The zero-order chi connectivity index (χ0) is 24.2. The molecule has 3 aromatic rings. The molecule has 0 spiro atoms. The fraction of sp³-hybridized carbons (Fsp3) is 0.357. The van der Waals surface area contributed by atoms with Crippen LogP contribution in [0.1, 0.15) is 55.1 Å². The predicted molar refractivity (Wildman–Crippen MR) is 133 cm³/mol. The number of nitrogens with zero attached hydrogens (tertiary/aromatic N) is 1. The number of aromatic nitrogens is 1. The summed E-state index contributed by atoms with van der Waals surface area (Å²) >= 11 is 0. The number of aromatic amines is 1. The highest BCUT2D eigenvalue weighted by Gasteiger charge is 2.30. The first-order chi connectivity index (χ1) is 17.1. The number of rotatable bonds is 7. The van der Waals surface area contributed by atoms with Gasteiger partial charge in [0.05, 0.1) is 0 Å². The van der Waals surface area contributed by atoms with Crippen LogP contribution in [0.4, 0.5) is 0 Å². The van der Waals surface area contributed by atoms with E-state index < -0.39 is 6.04 Å². The Morgan fingerprint density at radius 2 is 1.77 bits per heavy atom. The number of carbonyl (C=O) groups is 2. The molecule has 1 fully saturated rings. The third-order valence-corrected chi connectivity index (χ3v) is 6.85. The molecule has 1 aliphatic carbocycles. The van der Waals surface area contributed by atoms with Crippen LogP contribution in [0.25, 0.3) is 11.3 Å². The van der Waals surface area contributed by atoms with Crippen LogP contribution in [0.3, 0.4) is 0 Å². The summed E-state index contributed by atoms with van der Waals surface area (Å²) < 4.78 is 10.9. The van der Waals surface area contributed by atoms with E-state index in [0.29, 0.717) is 17.2 Å². The lowest BCUT2D eigenvalue weighted by molar-refractivity contribution is -0.126. The monoisotopic (exact) mass is 473 g/mol. The smallest absolute Gasteiger partial charge is 0.271 e. The summed E-state index contributed by atoms with van der Waals surface area (Å²) in [5.74, 6) is 0.990. The molecule has 0 unspecified atom stereocenters. The van der Waals surface area contributed by atoms with Gasteiger partial charge in [0.2, 0.25) is 12.7 Å². The van der Waals surface area contributed by atoms with E-state index in [1.54, 1.807) is 17.9 Å². The van der Waals surface area contributed by atoms with Crippen LogP contribution >= 0.6 is 0 Å². The molecule has 0 bridgehead atoms. The van der Waals surface area contributed by atoms with Gasteiger partial charge in [-0.25, -0.2) is 0 Å². The van der Waals surface area contributed by atoms with Gasteiger partial charge in [0.15, 0.2) is 11.5 Å². The minimum Gasteiger partial charge on any atom is -0.454 e. The van der Waals surface area contributed by atoms with Gasteiger partial charge in [-0.05, 0) is 55.2 Å². The molecule has 2 N–H and O–H groups in total. The summed E-state index contributed by atoms with van der Waals surface area (Å²) in [4.78, 5) is 31.8. The summed E-state index contributed by atoms with van der Waals surface area (Å²) in [6.45, 7) is 2.25. The molecule has 1 atom stereocenters. The van der Waals surface area contributed by atoms with Crippen molar-refractivity contribution in [1.29, 1.82) is 0 Å². The molecule has 182 valence electrons. The topological polar surface area (TPSA) is 83.7 Å². The van der Waals surface area contributed by atoms with Gasteiger partial charge in [-0.1, -0.05) is 55.7 Å². The molecule has 0 saturated heterocycles. The number of hydrogen-bond donors (Lipinski definition) is 2. The second-order valence-electron chi connectivity index (χ2n) is 9.29. The number of fused-ring (bicyclic) bond motifs is 1. The van der Waals surface area contributed by atoms with E-state index in [4.69, 9.17) is 9.47 Å². The Labute approximate surface area is 205 Å². The molecule has 1 aliphatic heterocycles. The van der Waals surface area contributed by atoms with E-state index in [9.17, 15) is 9.59 Å². The fourth-order valence-electron chi connectivity index (χ4n) is 4.79. The quantitative estimate of drug-likeness (QED) is 0.512. The molecular formula is C28H31N3O4. The van der Waals surface area contributed by atoms with Crippen LogP contribution in [0, 0.1) is 0 Å². The molecule has 1 aromatic heterocycles. The molecule has 2 aromatic carbocycles. The maximum absolute atomic E-state index is 13.7. The first-order valence-electron chi connectivity index (χ1n) is 12.3. The van der Waals surface area contributed by atoms with Gasteiger partial charge in [0.1, 0.15) is 11.7 Å². The van der Waals surface area contributed by atoms with Gasteiger partial charge < -0.3 is 24.7 Å². The molecule has 1 saturated carbocycles. The maximum Gasteiger partial charge on any atom is 0.271 e. The lowest BCUT2D eigenvalue weighted by atomic mass is 9.95. The number of amides is 2. The first kappa shape index (κ1) is 23.0. The third-order valence-electron chi connectivity index (χ3n) is 6.85. The van der Waals surface area contributed by atoms with Crippen molar-refractivity contribution in [3.63, 3.8) is 0 Å². The number of carbonyl (C=O) groups excluding carboxylic acids is 2. The van der Waals surface area contributed by atoms with E-state index in [0.717, 1.165) is 42.5 Å². The van der Waals surface area contributed by atoms with Gasteiger partial charge in [-0.2, -0.15) is 0 Å². The molecule has 5 rings (SSSR count). The SMILES string of the molecule is C[C@H](C(=O)NC1CCCCC1)N(Cc1ccc2c(c1)OCO2)C(=O)c1ccc(-c2ccccc2)[nH]1. The standard InChI is InChI=1S/C28H31N3O4/c1-19(27(32)29-22-10-6-3-7-11-22)31(17-20-12-15-25-26(16-20)35-18-34-25)28(33)24-14-13-23(30-24)21-8-4-2-5-9-21/h2,4-5,8-9,12-16,19,22,30H,3,6-7,10-11,17-18H2,1H3,(H,29,32)/t19-/m1/s1. The number of H-pyrrole nitrogens is 1. The number of ether oxygens (including phenoxy) is 2. The van der Waals surface area contributed by atoms with Gasteiger partial charge in [0.25, 0.3) is 5.91 Å². The number of nitrogens with one attached hydrogen (secondary N) is 2. The van der Waals surface area contributed by atoms with Crippen molar-refractivity contribution in [3.8, 4) is 22.8 Å². The normalized spacial score (nSPS) is 16.0. The lowest BCUT2D eigenvalue weighted by Crippen LogP contribution is -2.50. The summed E-state index contributed by atoms with van der Waals surface area (Å²) in [5, 5.41) is 3.18. The Kier molecular flexibility index (Phi) is 6.75. The van der Waals surface area contributed by atoms with E-state index >= 15 is 0 Å². The molecule has 35 heavy (non-hydrogen) atoms. The van der Waals surface area contributed by atoms with Gasteiger partial charge in [0, 0.05) is 18.3 Å². The van der Waals surface area contributed by atoms with Crippen LogP contribution in [0.15, 0.2) is 60.7 Å². The zero-order valence-electron chi connectivity index (χ0n) is 20.0. The largest absolute Gasteiger partial charge is 0.454 e. The van der Waals surface area contributed by atoms with Crippen molar-refractivity contribution in [1.82, 2.24) is 15.2 Å². The van der Waals surface area contributed by atoms with Crippen molar-refractivity contribution in [2.75, 3.05) is 6.79 Å². The van der Waals surface area contributed by atoms with Crippen LogP contribution < -0.4 is 14.8 Å². The Morgan fingerprint density at radius 3 is 2.57 bits per heavy atom. The van der Waals surface area contributed by atoms with Gasteiger partial charge in [-0.3, -0.25) is 9.59 Å². The Hall–Kier alpha value is -3.74. The van der Waals surface area contributed by atoms with Crippen molar-refractivity contribution in [3.05, 3.63) is 71.9 Å². The van der Waals surface area contributed by atoms with Crippen molar-refractivity contribution >= 4 is 11.8 Å². The minimum atomic E-state index is -0.640. The summed E-state index contributed by atoms with van der Waals surface area (Å²) in [6, 6.07) is 18.7. The Morgan fingerprint density at radius 1 is 1.00 bits per heavy atom. The predicted octanol–water partition coefficient (Wildman–Crippen LogP) is 4.89. The van der Waals surface area contributed by atoms with Gasteiger partial charge >= 0.3 is 0 Å². The molecular weight excluding hydrogens is 442 g/mol. The Bertz CT molecular complexity index is 1180. The average Bonchev–Trinajstić information content (AvgIpc) is 3.57. The molecule has 0 radical (unpaired) electrons. The van der Waals surface area contributed by atoms with E-state index in [1.165, 1.54) is 6.42 Å². The highest BCUT2D eigenvalue weighted by Crippen LogP contribution is 2.33. The van der Waals surface area contributed by atoms with Crippen molar-refractivity contribution in [2.24, 2.45) is 0 Å². The Balaban J connectivity index is 1.39. The van der Waals surface area contributed by atoms with E-state index in [2.05, 4.69) is 10.3 Å². The van der Waals surface area contributed by atoms with Crippen LogP contribution in [0.2, 0.25) is 0 Å². The second-order valence-corrected chi connectivity index (χ2v) is 9.29. The molecule has 2 amide bonds. The number of benzene rings is 2. The highest BCUT2D eigenvalue weighted by molar-refractivity contribution is 5.97. The summed E-state index contributed by atoms with van der Waals surface area (Å²) in [7, 11) is 0. The second kappa shape index (κ2) is 10.3. The van der Waals surface area contributed by atoms with Crippen LogP contribution in [-0.4, -0.2) is 40.6 Å². The van der Waals surface area contributed by atoms with Crippen LogP contribution in [0.5, 0.6) is 11.5 Å². The van der Waals surface area contributed by atoms with Crippen LogP contribution in [-0.2, 0) is 11.3 Å². The third kappa shape index (κ3) is 5.19. The lowest BCUT2D eigenvalue weighted by Gasteiger charge is -2.31. The van der Waals surface area contributed by atoms with E-state index in [1.807, 2.05) is 54.6 Å². The minimum absolute atomic E-state index is 0.124.